The molecule has 0 aromatic heterocycles. The molecule has 0 saturated carbocycles. The lowest BCUT2D eigenvalue weighted by Gasteiger charge is -2.13. The van der Waals surface area contributed by atoms with Crippen LogP contribution in [0.15, 0.2) is 53.4 Å². The molecule has 31 heavy (non-hydrogen) atoms. The number of carbonyl (C=O) groups excluding carboxylic acids is 4. The average molecular weight is 458 g/mol. The minimum Gasteiger partial charge on any atom is -0.353 e. The van der Waals surface area contributed by atoms with E-state index in [4.69, 9.17) is 11.6 Å². The number of amides is 4. The third-order valence-electron chi connectivity index (χ3n) is 4.52. The molecule has 9 heteroatoms. The molecule has 1 aliphatic heterocycles. The Balaban J connectivity index is 1.48. The van der Waals surface area contributed by atoms with Gasteiger partial charge in [0.05, 0.1) is 11.4 Å². The Kier molecular flexibility index (Phi) is 7.49. The highest BCUT2D eigenvalue weighted by atomic mass is 35.5. The van der Waals surface area contributed by atoms with Gasteiger partial charge in [-0.3, -0.25) is 24.1 Å². The van der Waals surface area contributed by atoms with Crippen molar-refractivity contribution in [3.63, 3.8) is 0 Å². The monoisotopic (exact) mass is 457 g/mol. The quantitative estimate of drug-likeness (QED) is 0.622. The second-order valence-electron chi connectivity index (χ2n) is 6.70. The fraction of sp³-hybridized carbons (Fsp3) is 0.182. The molecule has 0 atom stereocenters. The van der Waals surface area contributed by atoms with E-state index in [1.54, 1.807) is 42.5 Å². The highest BCUT2D eigenvalue weighted by molar-refractivity contribution is 8.18. The molecule has 0 spiro atoms. The maximum Gasteiger partial charge on any atom is 0.293 e. The zero-order valence-corrected chi connectivity index (χ0v) is 18.3. The first kappa shape index (κ1) is 22.6. The van der Waals surface area contributed by atoms with Crippen LogP contribution in [0.1, 0.15) is 21.5 Å². The van der Waals surface area contributed by atoms with Crippen LogP contribution in [0.4, 0.5) is 4.79 Å². The van der Waals surface area contributed by atoms with E-state index in [1.807, 2.05) is 19.1 Å². The molecule has 4 amide bonds. The molecule has 1 fully saturated rings. The normalized spacial score (nSPS) is 14.8. The van der Waals surface area contributed by atoms with Crippen LogP contribution in [0, 0.1) is 6.92 Å². The smallest absolute Gasteiger partial charge is 0.293 e. The average Bonchev–Trinajstić information content (AvgIpc) is 3.01. The minimum atomic E-state index is -0.433. The highest BCUT2D eigenvalue weighted by Gasteiger charge is 2.34. The number of nitrogens with one attached hydrogen (secondary N) is 2. The van der Waals surface area contributed by atoms with Gasteiger partial charge in [-0.05, 0) is 48.0 Å². The third kappa shape index (κ3) is 5.74. The van der Waals surface area contributed by atoms with E-state index in [1.165, 1.54) is 0 Å². The van der Waals surface area contributed by atoms with Crippen molar-refractivity contribution in [3.05, 3.63) is 75.1 Å². The van der Waals surface area contributed by atoms with E-state index in [-0.39, 0.29) is 30.4 Å². The second-order valence-corrected chi connectivity index (χ2v) is 8.10. The van der Waals surface area contributed by atoms with Crippen LogP contribution in [-0.2, 0) is 9.59 Å². The molecule has 1 saturated heterocycles. The van der Waals surface area contributed by atoms with Gasteiger partial charge in [-0.15, -0.1) is 0 Å². The summed E-state index contributed by atoms with van der Waals surface area (Å²) < 4.78 is 0. The van der Waals surface area contributed by atoms with Gasteiger partial charge in [-0.2, -0.15) is 0 Å². The van der Waals surface area contributed by atoms with Gasteiger partial charge in [0.2, 0.25) is 5.91 Å². The first-order valence-corrected chi connectivity index (χ1v) is 10.7. The SMILES string of the molecule is Cc1ccccc1C(=O)NCC(=O)NCCN1C(=O)S/C(=C\c2ccccc2Cl)C1=O. The highest BCUT2D eigenvalue weighted by Crippen LogP contribution is 2.33. The summed E-state index contributed by atoms with van der Waals surface area (Å²) in [4.78, 5) is 50.2. The van der Waals surface area contributed by atoms with Crippen molar-refractivity contribution in [2.45, 2.75) is 6.92 Å². The Morgan fingerprint density at radius 1 is 1.06 bits per heavy atom. The molecule has 0 aliphatic carbocycles. The Bertz CT molecular complexity index is 1070. The lowest BCUT2D eigenvalue weighted by atomic mass is 10.1. The Morgan fingerprint density at radius 3 is 2.52 bits per heavy atom. The number of hydrogen-bond donors (Lipinski definition) is 2. The van der Waals surface area contributed by atoms with Gasteiger partial charge in [-0.1, -0.05) is 48.0 Å². The molecule has 1 heterocycles. The number of imide groups is 1. The van der Waals surface area contributed by atoms with Crippen molar-refractivity contribution >= 4 is 52.4 Å². The molecule has 0 radical (unpaired) electrons. The lowest BCUT2D eigenvalue weighted by Crippen LogP contribution is -2.41. The fourth-order valence-electron chi connectivity index (χ4n) is 2.88. The van der Waals surface area contributed by atoms with Gasteiger partial charge in [0.15, 0.2) is 0 Å². The maximum atomic E-state index is 12.5. The molecule has 160 valence electrons. The molecule has 2 aromatic carbocycles. The van der Waals surface area contributed by atoms with E-state index in [0.717, 1.165) is 22.2 Å². The molecular weight excluding hydrogens is 438 g/mol. The summed E-state index contributed by atoms with van der Waals surface area (Å²) in [6.07, 6.45) is 1.58. The summed E-state index contributed by atoms with van der Waals surface area (Å²) in [6.45, 7) is 1.71. The lowest BCUT2D eigenvalue weighted by molar-refractivity contribution is -0.124. The van der Waals surface area contributed by atoms with Crippen LogP contribution in [0.5, 0.6) is 0 Å². The standard InChI is InChI=1S/C22H20ClN3O4S/c1-14-6-2-4-8-16(14)20(28)25-13-19(27)24-10-11-26-21(29)18(31-22(26)30)12-15-7-3-5-9-17(15)23/h2-9,12H,10-11,13H2,1H3,(H,24,27)(H,25,28)/b18-12-. The van der Waals surface area contributed by atoms with Gasteiger partial charge >= 0.3 is 0 Å². The molecular formula is C22H20ClN3O4S. The van der Waals surface area contributed by atoms with E-state index in [9.17, 15) is 19.2 Å². The van der Waals surface area contributed by atoms with Crippen molar-refractivity contribution in [2.24, 2.45) is 0 Å². The number of nitrogens with zero attached hydrogens (tertiary/aromatic N) is 1. The number of rotatable bonds is 7. The zero-order chi connectivity index (χ0) is 22.4. The minimum absolute atomic E-state index is 0.0298. The van der Waals surface area contributed by atoms with Crippen molar-refractivity contribution in [2.75, 3.05) is 19.6 Å². The summed E-state index contributed by atoms with van der Waals surface area (Å²) in [5.74, 6) is -1.19. The van der Waals surface area contributed by atoms with Crippen LogP contribution >= 0.6 is 23.4 Å². The van der Waals surface area contributed by atoms with Crippen molar-refractivity contribution in [1.82, 2.24) is 15.5 Å². The summed E-state index contributed by atoms with van der Waals surface area (Å²) in [5.41, 5.74) is 1.95. The van der Waals surface area contributed by atoms with Gasteiger partial charge in [0.1, 0.15) is 0 Å². The van der Waals surface area contributed by atoms with E-state index in [2.05, 4.69) is 10.6 Å². The summed E-state index contributed by atoms with van der Waals surface area (Å²) in [5, 5.41) is 5.22. The second kappa shape index (κ2) is 10.3. The van der Waals surface area contributed by atoms with Gasteiger partial charge in [0, 0.05) is 23.7 Å². The molecule has 0 unspecified atom stereocenters. The predicted molar refractivity (Wildman–Crippen MR) is 121 cm³/mol. The zero-order valence-electron chi connectivity index (χ0n) is 16.7. The van der Waals surface area contributed by atoms with Crippen LogP contribution in [0.25, 0.3) is 6.08 Å². The number of thioether (sulfide) groups is 1. The molecule has 2 N–H and O–H groups in total. The Morgan fingerprint density at radius 2 is 1.77 bits per heavy atom. The molecule has 2 aromatic rings. The summed E-state index contributed by atoms with van der Waals surface area (Å²) in [6, 6.07) is 14.1. The van der Waals surface area contributed by atoms with Crippen molar-refractivity contribution < 1.29 is 19.2 Å². The van der Waals surface area contributed by atoms with Crippen LogP contribution < -0.4 is 10.6 Å². The summed E-state index contributed by atoms with van der Waals surface area (Å²) in [7, 11) is 0. The van der Waals surface area contributed by atoms with E-state index < -0.39 is 17.1 Å². The predicted octanol–water partition coefficient (Wildman–Crippen LogP) is 3.23. The Hall–Kier alpha value is -3.10. The molecule has 7 nitrogen and oxygen atoms in total. The number of carbonyl (C=O) groups is 4. The number of benzene rings is 2. The van der Waals surface area contributed by atoms with Crippen LogP contribution in [-0.4, -0.2) is 47.5 Å². The van der Waals surface area contributed by atoms with Crippen LogP contribution in [0.2, 0.25) is 5.02 Å². The van der Waals surface area contributed by atoms with Gasteiger partial charge < -0.3 is 10.6 Å². The topological polar surface area (TPSA) is 95.6 Å². The molecule has 1 aliphatic rings. The number of aryl methyl sites for hydroxylation is 1. The van der Waals surface area contributed by atoms with Gasteiger partial charge in [-0.25, -0.2) is 0 Å². The van der Waals surface area contributed by atoms with E-state index >= 15 is 0 Å². The largest absolute Gasteiger partial charge is 0.353 e. The fourth-order valence-corrected chi connectivity index (χ4v) is 3.93. The molecule has 3 rings (SSSR count). The van der Waals surface area contributed by atoms with Crippen molar-refractivity contribution in [3.8, 4) is 0 Å². The van der Waals surface area contributed by atoms with E-state index in [0.29, 0.717) is 16.1 Å². The number of hydrogen-bond acceptors (Lipinski definition) is 5. The first-order chi connectivity index (χ1) is 14.9. The Labute approximate surface area is 188 Å². The molecule has 0 bridgehead atoms. The number of halogens is 1. The third-order valence-corrected chi connectivity index (χ3v) is 5.77. The maximum absolute atomic E-state index is 12.5. The first-order valence-electron chi connectivity index (χ1n) is 9.47. The summed E-state index contributed by atoms with van der Waals surface area (Å²) >= 11 is 6.93. The van der Waals surface area contributed by atoms with Crippen molar-refractivity contribution in [1.29, 1.82) is 0 Å². The van der Waals surface area contributed by atoms with Gasteiger partial charge in [0.25, 0.3) is 17.1 Å². The van der Waals surface area contributed by atoms with Crippen LogP contribution in [0.3, 0.4) is 0 Å².